The van der Waals surface area contributed by atoms with Crippen LogP contribution in [-0.4, -0.2) is 47.5 Å². The fourth-order valence-electron chi connectivity index (χ4n) is 4.26. The maximum atomic E-state index is 10.8. The molecule has 0 aromatic heterocycles. The first-order valence-corrected chi connectivity index (χ1v) is 8.83. The number of nitrogens with zero attached hydrogens (tertiary/aromatic N) is 1. The monoisotopic (exact) mass is 363 g/mol. The molecule has 4 rings (SSSR count). The van der Waals surface area contributed by atoms with Crippen LogP contribution in [-0.2, 0) is 11.2 Å². The predicted octanol–water partition coefficient (Wildman–Crippen LogP) is 3.04. The zero-order chi connectivity index (χ0) is 17.8. The lowest BCUT2D eigenvalue weighted by atomic mass is 9.79. The summed E-state index contributed by atoms with van der Waals surface area (Å²) >= 11 is 6.42. The van der Waals surface area contributed by atoms with E-state index in [1.165, 1.54) is 18.2 Å². The van der Waals surface area contributed by atoms with Crippen molar-refractivity contribution in [3.05, 3.63) is 52.0 Å². The third-order valence-corrected chi connectivity index (χ3v) is 5.96. The molecule has 0 saturated heterocycles. The van der Waals surface area contributed by atoms with Crippen LogP contribution in [0.3, 0.4) is 0 Å². The SMILES string of the molecule is COC1=C(O)C2=C(CC3c4ccc(OC)cc4CCN3C2)C(O)(Cl)C1. The van der Waals surface area contributed by atoms with E-state index in [4.69, 9.17) is 21.1 Å². The van der Waals surface area contributed by atoms with Crippen molar-refractivity contribution in [2.75, 3.05) is 27.3 Å². The van der Waals surface area contributed by atoms with E-state index in [1.807, 2.05) is 6.07 Å². The summed E-state index contributed by atoms with van der Waals surface area (Å²) in [6, 6.07) is 6.31. The van der Waals surface area contributed by atoms with Crippen molar-refractivity contribution >= 4 is 11.6 Å². The summed E-state index contributed by atoms with van der Waals surface area (Å²) in [5.41, 5.74) is 3.93. The number of fused-ring (bicyclic) bond motifs is 3. The van der Waals surface area contributed by atoms with Crippen molar-refractivity contribution in [2.24, 2.45) is 0 Å². The second-order valence-electron chi connectivity index (χ2n) is 6.87. The van der Waals surface area contributed by atoms with Crippen molar-refractivity contribution in [3.8, 4) is 5.75 Å². The van der Waals surface area contributed by atoms with Crippen molar-refractivity contribution < 1.29 is 19.7 Å². The Kier molecular flexibility index (Phi) is 3.98. The maximum absolute atomic E-state index is 10.8. The first-order chi connectivity index (χ1) is 11.9. The lowest BCUT2D eigenvalue weighted by molar-refractivity contribution is 0.0959. The fourth-order valence-corrected chi connectivity index (χ4v) is 4.57. The largest absolute Gasteiger partial charge is 0.504 e. The van der Waals surface area contributed by atoms with Crippen molar-refractivity contribution in [2.45, 2.75) is 30.4 Å². The molecule has 5 nitrogen and oxygen atoms in total. The number of aliphatic hydroxyl groups is 2. The van der Waals surface area contributed by atoms with Gasteiger partial charge >= 0.3 is 0 Å². The molecule has 1 aliphatic carbocycles. The van der Waals surface area contributed by atoms with Crippen LogP contribution < -0.4 is 4.74 Å². The van der Waals surface area contributed by atoms with Gasteiger partial charge in [-0.05, 0) is 41.7 Å². The number of benzene rings is 1. The number of methoxy groups -OCH3 is 2. The molecule has 0 amide bonds. The highest BCUT2D eigenvalue weighted by atomic mass is 35.5. The highest BCUT2D eigenvalue weighted by molar-refractivity contribution is 6.25. The van der Waals surface area contributed by atoms with Gasteiger partial charge in [0.05, 0.1) is 20.6 Å². The molecule has 0 bridgehead atoms. The Morgan fingerprint density at radius 3 is 2.80 bits per heavy atom. The summed E-state index contributed by atoms with van der Waals surface area (Å²) in [5, 5.41) is 19.8. The predicted molar refractivity (Wildman–Crippen MR) is 94.7 cm³/mol. The Hall–Kier alpha value is -1.69. The zero-order valence-corrected chi connectivity index (χ0v) is 15.1. The molecular formula is C19H22ClNO4. The molecule has 2 aliphatic heterocycles. The Balaban J connectivity index is 1.76. The van der Waals surface area contributed by atoms with Crippen LogP contribution in [0.5, 0.6) is 5.75 Å². The average molecular weight is 364 g/mol. The second-order valence-corrected chi connectivity index (χ2v) is 7.50. The van der Waals surface area contributed by atoms with E-state index >= 15 is 0 Å². The summed E-state index contributed by atoms with van der Waals surface area (Å²) in [5.74, 6) is 1.33. The summed E-state index contributed by atoms with van der Waals surface area (Å²) in [6.45, 7) is 1.44. The number of alkyl halides is 1. The fraction of sp³-hybridized carbons (Fsp3) is 0.474. The number of aliphatic hydroxyl groups excluding tert-OH is 1. The van der Waals surface area contributed by atoms with Crippen LogP contribution in [0.15, 0.2) is 40.9 Å². The standard InChI is InChI=1S/C19H22ClNO4/c1-24-12-3-4-13-11(7-12)5-6-21-10-14-15(8-16(13)21)19(20,23)9-17(25-2)18(14)22/h3-4,7,16,22-23H,5-6,8-10H2,1-2H3. The van der Waals surface area contributed by atoms with Crippen LogP contribution in [0.1, 0.15) is 30.0 Å². The normalized spacial score (nSPS) is 29.0. The van der Waals surface area contributed by atoms with Crippen molar-refractivity contribution in [1.29, 1.82) is 0 Å². The molecule has 3 aliphatic rings. The van der Waals surface area contributed by atoms with Gasteiger partial charge in [0, 0.05) is 24.7 Å². The number of rotatable bonds is 2. The Bertz CT molecular complexity index is 784. The van der Waals surface area contributed by atoms with Gasteiger partial charge in [-0.15, -0.1) is 0 Å². The Labute approximate surface area is 152 Å². The molecule has 1 aromatic rings. The minimum absolute atomic E-state index is 0.0813. The number of hydrogen-bond acceptors (Lipinski definition) is 5. The third-order valence-electron chi connectivity index (χ3n) is 5.59. The second kappa shape index (κ2) is 5.94. The molecule has 2 atom stereocenters. The molecule has 25 heavy (non-hydrogen) atoms. The van der Waals surface area contributed by atoms with E-state index in [0.717, 1.165) is 18.7 Å². The summed E-state index contributed by atoms with van der Waals surface area (Å²) in [4.78, 5) is 2.33. The molecule has 1 aromatic carbocycles. The molecule has 2 unspecified atom stereocenters. The van der Waals surface area contributed by atoms with Crippen LogP contribution in [0, 0.1) is 0 Å². The molecule has 2 N–H and O–H groups in total. The number of hydrogen-bond donors (Lipinski definition) is 2. The van der Waals surface area contributed by atoms with E-state index in [-0.39, 0.29) is 18.2 Å². The summed E-state index contributed by atoms with van der Waals surface area (Å²) < 4.78 is 10.6. The van der Waals surface area contributed by atoms with Crippen LogP contribution in [0.2, 0.25) is 0 Å². The van der Waals surface area contributed by atoms with Crippen molar-refractivity contribution in [1.82, 2.24) is 4.90 Å². The van der Waals surface area contributed by atoms with Crippen LogP contribution in [0.4, 0.5) is 0 Å². The highest BCUT2D eigenvalue weighted by Crippen LogP contribution is 2.49. The number of ether oxygens (including phenoxy) is 2. The third kappa shape index (κ3) is 2.62. The lowest BCUT2D eigenvalue weighted by Crippen LogP contribution is -2.45. The zero-order valence-electron chi connectivity index (χ0n) is 14.4. The van der Waals surface area contributed by atoms with Gasteiger partial charge in [0.15, 0.2) is 10.8 Å². The van der Waals surface area contributed by atoms with Crippen LogP contribution in [0.25, 0.3) is 0 Å². The lowest BCUT2D eigenvalue weighted by Gasteiger charge is -2.45. The molecule has 0 radical (unpaired) electrons. The van der Waals surface area contributed by atoms with E-state index in [1.54, 1.807) is 7.11 Å². The molecule has 0 saturated carbocycles. The van der Waals surface area contributed by atoms with Gasteiger partial charge < -0.3 is 19.7 Å². The van der Waals surface area contributed by atoms with Gasteiger partial charge in [-0.3, -0.25) is 4.90 Å². The molecule has 2 heterocycles. The van der Waals surface area contributed by atoms with E-state index < -0.39 is 5.06 Å². The van der Waals surface area contributed by atoms with Gasteiger partial charge in [0.2, 0.25) is 0 Å². The van der Waals surface area contributed by atoms with E-state index in [0.29, 0.717) is 29.9 Å². The first-order valence-electron chi connectivity index (χ1n) is 8.45. The molecular weight excluding hydrogens is 342 g/mol. The minimum Gasteiger partial charge on any atom is -0.504 e. The minimum atomic E-state index is -1.51. The van der Waals surface area contributed by atoms with E-state index in [2.05, 4.69) is 17.0 Å². The van der Waals surface area contributed by atoms with Gasteiger partial charge in [0.1, 0.15) is 11.5 Å². The molecule has 134 valence electrons. The summed E-state index contributed by atoms with van der Waals surface area (Å²) in [6.07, 6.45) is 1.60. The Morgan fingerprint density at radius 2 is 2.08 bits per heavy atom. The maximum Gasteiger partial charge on any atom is 0.168 e. The van der Waals surface area contributed by atoms with Gasteiger partial charge in [-0.25, -0.2) is 0 Å². The Morgan fingerprint density at radius 1 is 1.28 bits per heavy atom. The summed E-state index contributed by atoms with van der Waals surface area (Å²) in [7, 11) is 3.16. The van der Waals surface area contributed by atoms with E-state index in [9.17, 15) is 10.2 Å². The topological polar surface area (TPSA) is 62.2 Å². The highest BCUT2D eigenvalue weighted by Gasteiger charge is 2.45. The average Bonchev–Trinajstić information content (AvgIpc) is 2.63. The quantitative estimate of drug-likeness (QED) is 0.791. The molecule has 0 spiro atoms. The van der Waals surface area contributed by atoms with Gasteiger partial charge in [-0.2, -0.15) is 0 Å². The van der Waals surface area contributed by atoms with Crippen LogP contribution >= 0.6 is 11.6 Å². The molecule has 6 heteroatoms. The molecule has 0 fully saturated rings. The van der Waals surface area contributed by atoms with Gasteiger partial charge in [0.25, 0.3) is 0 Å². The van der Waals surface area contributed by atoms with Gasteiger partial charge in [-0.1, -0.05) is 17.7 Å². The first kappa shape index (κ1) is 16.8. The number of halogens is 1. The van der Waals surface area contributed by atoms with Crippen molar-refractivity contribution in [3.63, 3.8) is 0 Å². The smallest absolute Gasteiger partial charge is 0.168 e.